The molecular weight excluding hydrogens is 374 g/mol. The van der Waals surface area contributed by atoms with Crippen LogP contribution in [0.15, 0.2) is 60.7 Å². The van der Waals surface area contributed by atoms with Gasteiger partial charge in [0.05, 0.1) is 18.8 Å². The Balaban J connectivity index is 0.00000109. The van der Waals surface area contributed by atoms with Crippen LogP contribution >= 0.6 is 11.6 Å². The first-order chi connectivity index (χ1) is 13.7. The molecule has 28 heavy (non-hydrogen) atoms. The molecule has 0 aliphatic carbocycles. The summed E-state index contributed by atoms with van der Waals surface area (Å²) in [6.45, 7) is 6.27. The van der Waals surface area contributed by atoms with E-state index in [9.17, 15) is 4.79 Å². The zero-order chi connectivity index (χ0) is 19.9. The lowest BCUT2D eigenvalue weighted by Crippen LogP contribution is -2.38. The monoisotopic (exact) mass is 397 g/mol. The number of aromatic nitrogens is 2. The molecular formula is C22H24ClN3O2. The second kappa shape index (κ2) is 9.42. The third kappa shape index (κ3) is 4.73. The summed E-state index contributed by atoms with van der Waals surface area (Å²) in [6.07, 6.45) is 0. The molecule has 0 spiro atoms. The van der Waals surface area contributed by atoms with E-state index in [-0.39, 0.29) is 5.91 Å². The van der Waals surface area contributed by atoms with Crippen molar-refractivity contribution in [2.45, 2.75) is 33.5 Å². The number of nitrogens with zero attached hydrogens (tertiary/aromatic N) is 3. The highest BCUT2D eigenvalue weighted by molar-refractivity contribution is 6.30. The van der Waals surface area contributed by atoms with Crippen LogP contribution in [0.2, 0.25) is 5.02 Å². The van der Waals surface area contributed by atoms with Crippen molar-refractivity contribution in [3.05, 3.63) is 82.5 Å². The van der Waals surface area contributed by atoms with Crippen LogP contribution in [0.25, 0.3) is 0 Å². The van der Waals surface area contributed by atoms with Crippen LogP contribution in [0.1, 0.15) is 35.5 Å². The molecule has 3 aromatic rings. The van der Waals surface area contributed by atoms with Crippen LogP contribution in [-0.4, -0.2) is 27.1 Å². The summed E-state index contributed by atoms with van der Waals surface area (Å²) >= 11 is 5.90. The van der Waals surface area contributed by atoms with Crippen molar-refractivity contribution >= 4 is 17.5 Å². The smallest absolute Gasteiger partial charge is 0.254 e. The third-order valence-electron chi connectivity index (χ3n) is 4.38. The zero-order valence-electron chi connectivity index (χ0n) is 16.1. The van der Waals surface area contributed by atoms with Gasteiger partial charge in [0.1, 0.15) is 6.61 Å². The summed E-state index contributed by atoms with van der Waals surface area (Å²) in [6, 6.07) is 18.9. The maximum absolute atomic E-state index is 12.7. The molecule has 2 heterocycles. The maximum Gasteiger partial charge on any atom is 0.254 e. The molecule has 0 saturated carbocycles. The van der Waals surface area contributed by atoms with Crippen molar-refractivity contribution in [3.63, 3.8) is 0 Å². The van der Waals surface area contributed by atoms with E-state index in [1.165, 1.54) is 0 Å². The quantitative estimate of drug-likeness (QED) is 0.635. The summed E-state index contributed by atoms with van der Waals surface area (Å²) in [5, 5.41) is 5.11. The Morgan fingerprint density at radius 1 is 1.07 bits per heavy atom. The van der Waals surface area contributed by atoms with Crippen LogP contribution in [-0.2, 0) is 19.7 Å². The second-order valence-electron chi connectivity index (χ2n) is 6.20. The number of amides is 1. The number of carbonyl (C=O) groups is 1. The van der Waals surface area contributed by atoms with Gasteiger partial charge in [-0.1, -0.05) is 55.8 Å². The van der Waals surface area contributed by atoms with Crippen molar-refractivity contribution in [1.82, 2.24) is 14.7 Å². The minimum Gasteiger partial charge on any atom is -0.472 e. The molecule has 1 aliphatic rings. The van der Waals surface area contributed by atoms with Crippen LogP contribution in [0.3, 0.4) is 0 Å². The Kier molecular flexibility index (Phi) is 6.71. The molecule has 0 radical (unpaired) electrons. The van der Waals surface area contributed by atoms with E-state index >= 15 is 0 Å². The molecule has 0 fully saturated rings. The molecule has 2 aromatic carbocycles. The van der Waals surface area contributed by atoms with Crippen LogP contribution < -0.4 is 4.74 Å². The van der Waals surface area contributed by atoms with Gasteiger partial charge < -0.3 is 9.64 Å². The van der Waals surface area contributed by atoms with E-state index in [0.717, 1.165) is 11.3 Å². The Bertz CT molecular complexity index is 907. The zero-order valence-corrected chi connectivity index (χ0v) is 16.9. The van der Waals surface area contributed by atoms with Gasteiger partial charge in [0, 0.05) is 23.2 Å². The highest BCUT2D eigenvalue weighted by Gasteiger charge is 2.23. The van der Waals surface area contributed by atoms with Gasteiger partial charge in [-0.15, -0.1) is 5.10 Å². The van der Waals surface area contributed by atoms with Gasteiger partial charge >= 0.3 is 0 Å². The summed E-state index contributed by atoms with van der Waals surface area (Å²) < 4.78 is 7.70. The fourth-order valence-electron chi connectivity index (χ4n) is 2.99. The number of fused-ring (bicyclic) bond motifs is 1. The highest BCUT2D eigenvalue weighted by Crippen LogP contribution is 2.21. The van der Waals surface area contributed by atoms with Crippen molar-refractivity contribution in [3.8, 4) is 5.88 Å². The predicted molar refractivity (Wildman–Crippen MR) is 111 cm³/mol. The van der Waals surface area contributed by atoms with Crippen molar-refractivity contribution < 1.29 is 9.53 Å². The summed E-state index contributed by atoms with van der Waals surface area (Å²) in [5.41, 5.74) is 2.71. The number of halogens is 1. The fourth-order valence-corrected chi connectivity index (χ4v) is 3.12. The standard InChI is InChI=1S/C20H18ClN3O2.C2H6/c21-17-8-6-16(7-9-17)20(25)23-10-11-24-18(13-23)12-19(22-24)26-14-15-4-2-1-3-5-15;1-2/h1-9,12H,10-11,13-14H2;1-2H3. The van der Waals surface area contributed by atoms with E-state index in [2.05, 4.69) is 5.10 Å². The average molecular weight is 398 g/mol. The van der Waals surface area contributed by atoms with Gasteiger partial charge in [-0.05, 0) is 29.8 Å². The lowest BCUT2D eigenvalue weighted by atomic mass is 10.2. The van der Waals surface area contributed by atoms with Gasteiger partial charge in [-0.25, -0.2) is 0 Å². The molecule has 0 bridgehead atoms. The number of benzene rings is 2. The van der Waals surface area contributed by atoms with Crippen LogP contribution in [0.4, 0.5) is 0 Å². The van der Waals surface area contributed by atoms with Gasteiger partial charge in [0.2, 0.25) is 5.88 Å². The lowest BCUT2D eigenvalue weighted by Gasteiger charge is -2.27. The van der Waals surface area contributed by atoms with Crippen LogP contribution in [0, 0.1) is 0 Å². The number of rotatable bonds is 4. The van der Waals surface area contributed by atoms with Gasteiger partial charge in [0.25, 0.3) is 5.91 Å². The molecule has 1 aliphatic heterocycles. The minimum absolute atomic E-state index is 0.000806. The molecule has 0 unspecified atom stereocenters. The normalized spacial score (nSPS) is 12.6. The highest BCUT2D eigenvalue weighted by atomic mass is 35.5. The van der Waals surface area contributed by atoms with Gasteiger partial charge in [-0.3, -0.25) is 9.48 Å². The fraction of sp³-hybridized carbons (Fsp3) is 0.273. The molecule has 146 valence electrons. The van der Waals surface area contributed by atoms with E-state index in [0.29, 0.717) is 42.7 Å². The van der Waals surface area contributed by atoms with E-state index < -0.39 is 0 Å². The Morgan fingerprint density at radius 2 is 1.79 bits per heavy atom. The van der Waals surface area contributed by atoms with E-state index in [4.69, 9.17) is 16.3 Å². The van der Waals surface area contributed by atoms with Crippen LogP contribution in [0.5, 0.6) is 5.88 Å². The van der Waals surface area contributed by atoms with E-state index in [1.54, 1.807) is 24.3 Å². The second-order valence-corrected chi connectivity index (χ2v) is 6.64. The van der Waals surface area contributed by atoms with Gasteiger partial charge in [0.15, 0.2) is 0 Å². The molecule has 4 rings (SSSR count). The molecule has 1 aromatic heterocycles. The number of ether oxygens (including phenoxy) is 1. The van der Waals surface area contributed by atoms with Crippen molar-refractivity contribution in [2.75, 3.05) is 6.54 Å². The third-order valence-corrected chi connectivity index (χ3v) is 4.64. The van der Waals surface area contributed by atoms with Crippen molar-refractivity contribution in [1.29, 1.82) is 0 Å². The first-order valence-electron chi connectivity index (χ1n) is 9.47. The number of hydrogen-bond donors (Lipinski definition) is 0. The Hall–Kier alpha value is -2.79. The molecule has 5 nitrogen and oxygen atoms in total. The molecule has 0 N–H and O–H groups in total. The Labute approximate surface area is 170 Å². The molecule has 0 saturated heterocycles. The summed E-state index contributed by atoms with van der Waals surface area (Å²) in [5.74, 6) is 0.588. The first kappa shape index (κ1) is 20.0. The largest absolute Gasteiger partial charge is 0.472 e. The summed E-state index contributed by atoms with van der Waals surface area (Å²) in [7, 11) is 0. The van der Waals surface area contributed by atoms with Gasteiger partial charge in [-0.2, -0.15) is 0 Å². The molecule has 6 heteroatoms. The topological polar surface area (TPSA) is 47.4 Å². The SMILES string of the molecule is CC.O=C(c1ccc(Cl)cc1)N1CCn2nc(OCc3ccccc3)cc2C1. The predicted octanol–water partition coefficient (Wildman–Crippen LogP) is 4.80. The summed E-state index contributed by atoms with van der Waals surface area (Å²) in [4.78, 5) is 14.5. The number of carbonyl (C=O) groups excluding carboxylic acids is 1. The minimum atomic E-state index is 0.000806. The lowest BCUT2D eigenvalue weighted by molar-refractivity contribution is 0.0706. The van der Waals surface area contributed by atoms with Crippen molar-refractivity contribution in [2.24, 2.45) is 0 Å². The Morgan fingerprint density at radius 3 is 2.50 bits per heavy atom. The first-order valence-corrected chi connectivity index (χ1v) is 9.85. The number of hydrogen-bond acceptors (Lipinski definition) is 3. The molecule has 1 amide bonds. The average Bonchev–Trinajstić information content (AvgIpc) is 3.17. The van der Waals surface area contributed by atoms with E-state index in [1.807, 2.05) is 59.8 Å². The maximum atomic E-state index is 12.7. The molecule has 0 atom stereocenters.